The summed E-state index contributed by atoms with van der Waals surface area (Å²) in [5, 5.41) is 20.7. The normalized spacial score (nSPS) is 23.9. The fraction of sp³-hybridized carbons (Fsp3) is 0.449. The van der Waals surface area contributed by atoms with Gasteiger partial charge in [-0.2, -0.15) is 0 Å². The molecule has 2 N–H and O–H groups in total. The largest absolute Gasteiger partial charge is 0.508 e. The fourth-order valence-corrected chi connectivity index (χ4v) is 11.2. The first-order valence-corrected chi connectivity index (χ1v) is 24.5. The van der Waals surface area contributed by atoms with Gasteiger partial charge in [-0.3, -0.25) is 14.5 Å². The molecule has 8 rings (SSSR count). The molecule has 61 heavy (non-hydrogen) atoms. The Morgan fingerprint density at radius 3 is 2.33 bits per heavy atom. The third-order valence-corrected chi connectivity index (χ3v) is 18.2. The zero-order chi connectivity index (χ0) is 43.3. The van der Waals surface area contributed by atoms with Crippen LogP contribution in [0.2, 0.25) is 18.1 Å². The number of aromatic nitrogens is 1. The van der Waals surface area contributed by atoms with Gasteiger partial charge < -0.3 is 33.6 Å². The highest BCUT2D eigenvalue weighted by molar-refractivity contribution is 6.74. The van der Waals surface area contributed by atoms with Gasteiger partial charge in [0.05, 0.1) is 18.7 Å². The number of rotatable bonds is 14. The second-order valence-electron chi connectivity index (χ2n) is 18.3. The van der Waals surface area contributed by atoms with Crippen molar-refractivity contribution in [1.29, 1.82) is 0 Å². The predicted octanol–water partition coefficient (Wildman–Crippen LogP) is 9.66. The van der Waals surface area contributed by atoms with E-state index in [0.29, 0.717) is 42.2 Å². The monoisotopic (exact) mass is 845 g/mol. The minimum atomic E-state index is -2.92. The van der Waals surface area contributed by atoms with Crippen LogP contribution in [-0.4, -0.2) is 67.4 Å². The Labute approximate surface area is 360 Å². The molecule has 2 heterocycles. The van der Waals surface area contributed by atoms with Crippen LogP contribution in [0.25, 0.3) is 0 Å². The lowest BCUT2D eigenvalue weighted by Crippen LogP contribution is -2.65. The smallest absolute Gasteiger partial charge is 0.265 e. The van der Waals surface area contributed by atoms with E-state index < -0.39 is 43.4 Å². The number of nitrogens with one attached hydrogen (secondary N) is 1. The number of nitrogens with zero attached hydrogens (tertiary/aromatic N) is 2. The van der Waals surface area contributed by atoms with Gasteiger partial charge in [-0.05, 0) is 85.2 Å². The van der Waals surface area contributed by atoms with E-state index >= 15 is 9.59 Å². The molecule has 0 bridgehead atoms. The van der Waals surface area contributed by atoms with Gasteiger partial charge in [0.2, 0.25) is 5.78 Å². The lowest BCUT2D eigenvalue weighted by Gasteiger charge is -2.54. The average Bonchev–Trinajstić information content (AvgIpc) is 3.90. The van der Waals surface area contributed by atoms with Crippen molar-refractivity contribution in [2.24, 2.45) is 11.8 Å². The highest BCUT2D eigenvalue weighted by Gasteiger charge is 2.67. The maximum atomic E-state index is 15.7. The van der Waals surface area contributed by atoms with Crippen molar-refractivity contribution >= 4 is 19.9 Å². The van der Waals surface area contributed by atoms with Crippen molar-refractivity contribution in [3.8, 4) is 17.4 Å². The minimum absolute atomic E-state index is 0.00746. The van der Waals surface area contributed by atoms with E-state index in [0.717, 1.165) is 48.2 Å². The molecule has 5 atom stereocenters. The Balaban J connectivity index is 1.33. The van der Waals surface area contributed by atoms with Crippen LogP contribution in [0.5, 0.6) is 17.4 Å². The van der Waals surface area contributed by atoms with Crippen molar-refractivity contribution in [2.75, 3.05) is 26.7 Å². The number of hydrogen-bond acceptors (Lipinski definition) is 11. The Morgan fingerprint density at radius 2 is 1.70 bits per heavy atom. The second kappa shape index (κ2) is 16.7. The van der Waals surface area contributed by atoms with E-state index in [4.69, 9.17) is 23.2 Å². The van der Waals surface area contributed by atoms with Crippen molar-refractivity contribution in [3.05, 3.63) is 130 Å². The van der Waals surface area contributed by atoms with Gasteiger partial charge in [-0.15, -0.1) is 6.58 Å². The third-order valence-electron chi connectivity index (χ3n) is 13.8. The van der Waals surface area contributed by atoms with Crippen LogP contribution in [0.15, 0.2) is 95.2 Å². The topological polar surface area (TPSA) is 133 Å². The number of ether oxygens (including phenoxy) is 3. The SMILES string of the molecule is C=CCN[C@@H]1c2onc(OCc3ccccc3)c2C(=O)C2(O[Si](C)(C)C(C)(C)C)C(O)=C3C(=O)c4c(OCc5ccccc5)cc([C@@H]5CCCN5CC)c(OC)c4C[C@H]3C[C@@H]12. The number of allylic oxidation sites excluding steroid dienone is 1. The molecule has 0 saturated carbocycles. The maximum Gasteiger partial charge on any atom is 0.265 e. The van der Waals surface area contributed by atoms with E-state index in [2.05, 4.69) is 62.7 Å². The molecule has 322 valence electrons. The van der Waals surface area contributed by atoms with Crippen LogP contribution in [0.4, 0.5) is 0 Å². The molecule has 4 aromatic rings. The summed E-state index contributed by atoms with van der Waals surface area (Å²) in [5.41, 5.74) is 2.22. The van der Waals surface area contributed by atoms with Crippen LogP contribution in [0, 0.1) is 11.8 Å². The number of Topliss-reactive ketones (excluding diaryl/α,β-unsaturated/α-hetero) is 2. The minimum Gasteiger partial charge on any atom is -0.508 e. The summed E-state index contributed by atoms with van der Waals surface area (Å²) in [5.74, 6) is -1.06. The van der Waals surface area contributed by atoms with Gasteiger partial charge in [-0.25, -0.2) is 0 Å². The molecule has 1 aliphatic heterocycles. The summed E-state index contributed by atoms with van der Waals surface area (Å²) in [6.07, 6.45) is 4.44. The van der Waals surface area contributed by atoms with E-state index in [1.807, 2.05) is 66.7 Å². The zero-order valence-electron chi connectivity index (χ0n) is 36.5. The number of aliphatic hydroxyl groups excluding tert-OH is 1. The van der Waals surface area contributed by atoms with Crippen molar-refractivity contribution < 1.29 is 37.9 Å². The van der Waals surface area contributed by atoms with Crippen LogP contribution in [-0.2, 0) is 24.1 Å². The molecule has 3 aromatic carbocycles. The van der Waals surface area contributed by atoms with E-state index in [1.165, 1.54) is 0 Å². The number of benzene rings is 3. The van der Waals surface area contributed by atoms with E-state index in [-0.39, 0.29) is 47.1 Å². The number of fused-ring (bicyclic) bond motifs is 4. The fourth-order valence-electron chi connectivity index (χ4n) is 9.79. The number of methoxy groups -OCH3 is 1. The van der Waals surface area contributed by atoms with Crippen molar-refractivity contribution in [2.45, 2.75) is 102 Å². The van der Waals surface area contributed by atoms with Gasteiger partial charge in [0.1, 0.15) is 36.0 Å². The summed E-state index contributed by atoms with van der Waals surface area (Å²) in [7, 11) is -1.25. The highest BCUT2D eigenvalue weighted by Crippen LogP contribution is 2.60. The van der Waals surface area contributed by atoms with Crippen LogP contribution >= 0.6 is 0 Å². The molecule has 11 nitrogen and oxygen atoms in total. The highest BCUT2D eigenvalue weighted by atomic mass is 28.4. The number of aliphatic hydroxyl groups is 1. The van der Waals surface area contributed by atoms with Crippen molar-refractivity contribution in [1.82, 2.24) is 15.4 Å². The molecule has 1 fully saturated rings. The summed E-state index contributed by atoms with van der Waals surface area (Å²) in [6, 6.07) is 20.9. The molecule has 0 amide bonds. The number of likely N-dealkylation sites (tertiary alicyclic amines) is 1. The number of ketones is 2. The molecular formula is C49H59N3O8Si. The Hall–Kier alpha value is -5.01. The van der Waals surface area contributed by atoms with Gasteiger partial charge in [-0.1, -0.05) is 94.4 Å². The first-order valence-electron chi connectivity index (χ1n) is 21.6. The standard InChI is InChI=1S/C49H59N3O8Si/c1-9-23-50-41-35-26-32-25-34-39(37(57-28-30-18-13-11-14-19-30)27-33(43(34)56-6)36-22-17-24-52(36)10-2)42(53)38(32)45(54)49(35,60-61(7,8)48(3,4)5)46(55)40-44(41)59-51-47(40)58-29-31-20-15-12-16-21-31/h9,11-16,18-21,27,32,35-36,41,50,54H,1,10,17,22-26,28-29H2,2-8H3/t32-,35-,36-,41-,49?/m0/s1. The predicted molar refractivity (Wildman–Crippen MR) is 236 cm³/mol. The Kier molecular flexibility index (Phi) is 11.7. The molecule has 3 aliphatic carbocycles. The number of hydrogen-bond donors (Lipinski definition) is 2. The second-order valence-corrected chi connectivity index (χ2v) is 23.1. The molecule has 0 spiro atoms. The summed E-state index contributed by atoms with van der Waals surface area (Å²) < 4.78 is 32.6. The average molecular weight is 846 g/mol. The molecular weight excluding hydrogens is 787 g/mol. The van der Waals surface area contributed by atoms with Crippen LogP contribution < -0.4 is 19.5 Å². The first-order chi connectivity index (χ1) is 29.2. The Morgan fingerprint density at radius 1 is 1.03 bits per heavy atom. The summed E-state index contributed by atoms with van der Waals surface area (Å²) >= 11 is 0. The van der Waals surface area contributed by atoms with Gasteiger partial charge in [0.25, 0.3) is 5.88 Å². The van der Waals surface area contributed by atoms with E-state index in [9.17, 15) is 5.11 Å². The van der Waals surface area contributed by atoms with E-state index in [1.54, 1.807) is 13.2 Å². The Bertz CT molecular complexity index is 2330. The molecule has 1 saturated heterocycles. The lowest BCUT2D eigenvalue weighted by molar-refractivity contribution is -0.0319. The third kappa shape index (κ3) is 7.34. The quantitative estimate of drug-likeness (QED) is 0.0929. The maximum absolute atomic E-state index is 15.7. The molecule has 1 unspecified atom stereocenters. The van der Waals surface area contributed by atoms with Crippen LogP contribution in [0.3, 0.4) is 0 Å². The van der Waals surface area contributed by atoms with Crippen molar-refractivity contribution in [3.63, 3.8) is 0 Å². The van der Waals surface area contributed by atoms with Gasteiger partial charge >= 0.3 is 0 Å². The zero-order valence-corrected chi connectivity index (χ0v) is 37.5. The number of carbonyl (C=O) groups excluding carboxylic acids is 2. The molecule has 4 aliphatic rings. The van der Waals surface area contributed by atoms with Gasteiger partial charge in [0.15, 0.2) is 25.5 Å². The summed E-state index contributed by atoms with van der Waals surface area (Å²) in [4.78, 5) is 33.7. The number of carbonyl (C=O) groups is 2. The van der Waals surface area contributed by atoms with Gasteiger partial charge in [0, 0.05) is 35.2 Å². The molecule has 1 aromatic heterocycles. The van der Waals surface area contributed by atoms with Crippen LogP contribution in [0.1, 0.15) is 108 Å². The molecule has 0 radical (unpaired) electrons. The lowest BCUT2D eigenvalue weighted by atomic mass is 9.58. The molecule has 12 heteroatoms. The summed E-state index contributed by atoms with van der Waals surface area (Å²) in [6.45, 7) is 19.1. The first kappa shape index (κ1) is 42.7.